The monoisotopic (exact) mass is 230 g/mol. The second kappa shape index (κ2) is 3.89. The predicted octanol–water partition coefficient (Wildman–Crippen LogP) is 0.747. The van der Waals surface area contributed by atoms with Crippen molar-refractivity contribution in [2.75, 3.05) is 5.32 Å². The smallest absolute Gasteiger partial charge is 0.268 e. The molecule has 0 bridgehead atoms. The molecule has 1 atom stereocenters. The molecule has 1 unspecified atom stereocenters. The number of carbonyl (C=O) groups excluding carboxylic acids is 1. The predicted molar refractivity (Wildman–Crippen MR) is 59.6 cm³/mol. The molecule has 1 aliphatic heterocycles. The van der Waals surface area contributed by atoms with Crippen LogP contribution in [0.4, 0.5) is 5.95 Å². The molecule has 2 N–H and O–H groups in total. The summed E-state index contributed by atoms with van der Waals surface area (Å²) in [6.07, 6.45) is 1.41. The minimum Gasteiger partial charge on any atom is -0.480 e. The molecule has 0 spiro atoms. The second-order valence-electron chi connectivity index (χ2n) is 3.74. The zero-order valence-electron chi connectivity index (χ0n) is 8.88. The minimum absolute atomic E-state index is 0.224. The van der Waals surface area contributed by atoms with Crippen LogP contribution in [0.3, 0.4) is 0 Å². The number of carbonyl (C=O) groups is 1. The van der Waals surface area contributed by atoms with Gasteiger partial charge in [0.1, 0.15) is 12.1 Å². The molecule has 2 aromatic rings. The number of H-pyrrole nitrogens is 1. The van der Waals surface area contributed by atoms with Gasteiger partial charge in [-0.25, -0.2) is 5.10 Å². The van der Waals surface area contributed by atoms with Gasteiger partial charge in [-0.05, 0) is 11.6 Å². The van der Waals surface area contributed by atoms with Gasteiger partial charge < -0.3 is 4.74 Å². The van der Waals surface area contributed by atoms with E-state index in [1.807, 2.05) is 24.3 Å². The normalized spacial score (nSPS) is 17.3. The number of benzene rings is 1. The quantitative estimate of drug-likeness (QED) is 0.797. The van der Waals surface area contributed by atoms with Gasteiger partial charge in [-0.2, -0.15) is 10.1 Å². The molecule has 3 rings (SSSR count). The van der Waals surface area contributed by atoms with E-state index in [-0.39, 0.29) is 5.91 Å². The number of aromatic nitrogens is 3. The molecule has 0 fully saturated rings. The summed E-state index contributed by atoms with van der Waals surface area (Å²) >= 11 is 0. The Morgan fingerprint density at radius 3 is 3.12 bits per heavy atom. The lowest BCUT2D eigenvalue weighted by Gasteiger charge is -2.08. The average Bonchev–Trinajstić information content (AvgIpc) is 2.96. The maximum atomic E-state index is 11.9. The molecular weight excluding hydrogens is 220 g/mol. The molecule has 0 saturated heterocycles. The van der Waals surface area contributed by atoms with E-state index in [1.165, 1.54) is 6.33 Å². The van der Waals surface area contributed by atoms with Gasteiger partial charge in [0.15, 0.2) is 6.10 Å². The van der Waals surface area contributed by atoms with Crippen LogP contribution < -0.4 is 10.1 Å². The van der Waals surface area contributed by atoms with E-state index in [2.05, 4.69) is 20.5 Å². The molecule has 0 aliphatic carbocycles. The van der Waals surface area contributed by atoms with Crippen molar-refractivity contribution in [1.29, 1.82) is 0 Å². The van der Waals surface area contributed by atoms with Crippen molar-refractivity contribution in [2.24, 2.45) is 0 Å². The van der Waals surface area contributed by atoms with E-state index in [0.717, 1.165) is 11.3 Å². The fourth-order valence-corrected chi connectivity index (χ4v) is 1.79. The third-order valence-corrected chi connectivity index (χ3v) is 2.60. The maximum absolute atomic E-state index is 11.9. The van der Waals surface area contributed by atoms with Gasteiger partial charge in [-0.3, -0.25) is 10.1 Å². The Morgan fingerprint density at radius 2 is 2.35 bits per heavy atom. The Hall–Kier alpha value is -2.37. The molecule has 1 aromatic heterocycles. The first-order chi connectivity index (χ1) is 8.33. The van der Waals surface area contributed by atoms with Gasteiger partial charge >= 0.3 is 0 Å². The van der Waals surface area contributed by atoms with Crippen molar-refractivity contribution < 1.29 is 9.53 Å². The molecule has 1 aromatic carbocycles. The van der Waals surface area contributed by atoms with Crippen LogP contribution in [0, 0.1) is 0 Å². The first-order valence-corrected chi connectivity index (χ1v) is 5.24. The van der Waals surface area contributed by atoms with Gasteiger partial charge in [0.05, 0.1) is 0 Å². The Morgan fingerprint density at radius 1 is 1.47 bits per heavy atom. The summed E-state index contributed by atoms with van der Waals surface area (Å²) in [5.41, 5.74) is 1.05. The number of hydrogen-bond acceptors (Lipinski definition) is 4. The molecule has 0 saturated carbocycles. The summed E-state index contributed by atoms with van der Waals surface area (Å²) in [4.78, 5) is 15.7. The standard InChI is InChI=1S/C11H10N4O2/c16-10(14-11-12-6-13-15-11)9-5-7-3-1-2-4-8(7)17-9/h1-4,6,9H,5H2,(H2,12,13,14,15,16). The van der Waals surface area contributed by atoms with Crippen molar-refractivity contribution in [3.05, 3.63) is 36.2 Å². The van der Waals surface area contributed by atoms with Crippen LogP contribution in [0.15, 0.2) is 30.6 Å². The topological polar surface area (TPSA) is 79.9 Å². The van der Waals surface area contributed by atoms with Crippen molar-refractivity contribution in [3.8, 4) is 5.75 Å². The second-order valence-corrected chi connectivity index (χ2v) is 3.74. The molecular formula is C11H10N4O2. The van der Waals surface area contributed by atoms with E-state index in [9.17, 15) is 4.79 Å². The van der Waals surface area contributed by atoms with Crippen LogP contribution >= 0.6 is 0 Å². The number of rotatable bonds is 2. The van der Waals surface area contributed by atoms with E-state index in [4.69, 9.17) is 4.74 Å². The van der Waals surface area contributed by atoms with Gasteiger partial charge in [0.25, 0.3) is 5.91 Å². The number of nitrogens with one attached hydrogen (secondary N) is 2. The first kappa shape index (κ1) is 9.83. The molecule has 1 amide bonds. The number of aromatic amines is 1. The number of anilines is 1. The number of ether oxygens (including phenoxy) is 1. The van der Waals surface area contributed by atoms with E-state index in [0.29, 0.717) is 12.4 Å². The molecule has 6 nitrogen and oxygen atoms in total. The lowest BCUT2D eigenvalue weighted by Crippen LogP contribution is -2.31. The molecule has 0 radical (unpaired) electrons. The van der Waals surface area contributed by atoms with Crippen LogP contribution in [0.2, 0.25) is 0 Å². The highest BCUT2D eigenvalue weighted by molar-refractivity contribution is 5.93. The Labute approximate surface area is 97.0 Å². The summed E-state index contributed by atoms with van der Waals surface area (Å²) in [5.74, 6) is 0.873. The van der Waals surface area contributed by atoms with E-state index >= 15 is 0 Å². The van der Waals surface area contributed by atoms with Crippen molar-refractivity contribution >= 4 is 11.9 Å². The SMILES string of the molecule is O=C(Nc1ncn[nH]1)C1Cc2ccccc2O1. The lowest BCUT2D eigenvalue weighted by molar-refractivity contribution is -0.122. The molecule has 1 aliphatic rings. The van der Waals surface area contributed by atoms with Gasteiger partial charge in [-0.15, -0.1) is 0 Å². The summed E-state index contributed by atoms with van der Waals surface area (Å²) in [7, 11) is 0. The summed E-state index contributed by atoms with van der Waals surface area (Å²) in [6, 6.07) is 7.63. The third-order valence-electron chi connectivity index (χ3n) is 2.60. The van der Waals surface area contributed by atoms with Gasteiger partial charge in [-0.1, -0.05) is 18.2 Å². The highest BCUT2D eigenvalue weighted by Crippen LogP contribution is 2.28. The first-order valence-electron chi connectivity index (χ1n) is 5.24. The lowest BCUT2D eigenvalue weighted by atomic mass is 10.1. The fraction of sp³-hybridized carbons (Fsp3) is 0.182. The van der Waals surface area contributed by atoms with Crippen LogP contribution in [0.25, 0.3) is 0 Å². The average molecular weight is 230 g/mol. The van der Waals surface area contributed by atoms with Crippen LogP contribution in [-0.2, 0) is 11.2 Å². The zero-order valence-corrected chi connectivity index (χ0v) is 8.88. The zero-order chi connectivity index (χ0) is 11.7. The minimum atomic E-state index is -0.502. The molecule has 17 heavy (non-hydrogen) atoms. The van der Waals surface area contributed by atoms with Crippen molar-refractivity contribution in [3.63, 3.8) is 0 Å². The Balaban J connectivity index is 1.70. The number of para-hydroxylation sites is 1. The molecule has 6 heteroatoms. The van der Waals surface area contributed by atoms with Gasteiger partial charge in [0, 0.05) is 6.42 Å². The van der Waals surface area contributed by atoms with Crippen LogP contribution in [0.1, 0.15) is 5.56 Å². The van der Waals surface area contributed by atoms with E-state index < -0.39 is 6.10 Å². The van der Waals surface area contributed by atoms with Crippen molar-refractivity contribution in [2.45, 2.75) is 12.5 Å². The van der Waals surface area contributed by atoms with Crippen LogP contribution in [-0.4, -0.2) is 27.2 Å². The highest BCUT2D eigenvalue weighted by Gasteiger charge is 2.29. The number of amides is 1. The largest absolute Gasteiger partial charge is 0.480 e. The Kier molecular flexibility index (Phi) is 2.25. The summed E-state index contributed by atoms with van der Waals surface area (Å²) < 4.78 is 5.54. The Bertz CT molecular complexity index is 513. The number of nitrogens with zero attached hydrogens (tertiary/aromatic N) is 2. The maximum Gasteiger partial charge on any atom is 0.268 e. The van der Waals surface area contributed by atoms with Crippen LogP contribution in [0.5, 0.6) is 5.75 Å². The highest BCUT2D eigenvalue weighted by atomic mass is 16.5. The fourth-order valence-electron chi connectivity index (χ4n) is 1.79. The number of fused-ring (bicyclic) bond motifs is 1. The summed E-state index contributed by atoms with van der Waals surface area (Å²) in [5, 5.41) is 8.82. The number of hydrogen-bond donors (Lipinski definition) is 2. The third kappa shape index (κ3) is 1.84. The molecule has 2 heterocycles. The molecule has 86 valence electrons. The van der Waals surface area contributed by atoms with Crippen molar-refractivity contribution in [1.82, 2.24) is 15.2 Å². The van der Waals surface area contributed by atoms with Gasteiger partial charge in [0.2, 0.25) is 5.95 Å². The van der Waals surface area contributed by atoms with E-state index in [1.54, 1.807) is 0 Å². The summed E-state index contributed by atoms with van der Waals surface area (Å²) in [6.45, 7) is 0.